The summed E-state index contributed by atoms with van der Waals surface area (Å²) in [5.74, 6) is 0.367. The van der Waals surface area contributed by atoms with E-state index in [-0.39, 0.29) is 11.7 Å². The van der Waals surface area contributed by atoms with Gasteiger partial charge in [-0.2, -0.15) is 4.31 Å². The average Bonchev–Trinajstić information content (AvgIpc) is 2.78. The second kappa shape index (κ2) is 8.69. The molecule has 0 saturated heterocycles. The Hall–Kier alpha value is -2.90. The van der Waals surface area contributed by atoms with Gasteiger partial charge in [0.1, 0.15) is 5.75 Å². The zero-order valence-corrected chi connectivity index (χ0v) is 18.5. The number of rotatable bonds is 6. The molecule has 162 valence electrons. The molecular weight excluding hydrogens is 412 g/mol. The number of amides is 1. The van der Waals surface area contributed by atoms with Crippen molar-refractivity contribution < 1.29 is 17.9 Å². The number of benzene rings is 3. The highest BCUT2D eigenvalue weighted by Crippen LogP contribution is 2.30. The molecule has 0 atom stereocenters. The predicted molar refractivity (Wildman–Crippen MR) is 123 cm³/mol. The van der Waals surface area contributed by atoms with Gasteiger partial charge in [-0.05, 0) is 60.4 Å². The summed E-state index contributed by atoms with van der Waals surface area (Å²) in [6.45, 7) is 4.81. The van der Waals surface area contributed by atoms with E-state index in [2.05, 4.69) is 5.32 Å². The van der Waals surface area contributed by atoms with Crippen molar-refractivity contribution in [2.45, 2.75) is 26.8 Å². The van der Waals surface area contributed by atoms with Gasteiger partial charge < -0.3 is 10.1 Å². The lowest BCUT2D eigenvalue weighted by Crippen LogP contribution is -2.36. The summed E-state index contributed by atoms with van der Waals surface area (Å²) in [6.07, 6.45) is 0.667. The minimum atomic E-state index is -3.25. The van der Waals surface area contributed by atoms with Crippen LogP contribution in [0.2, 0.25) is 0 Å². The van der Waals surface area contributed by atoms with Crippen LogP contribution in [-0.4, -0.2) is 37.5 Å². The van der Waals surface area contributed by atoms with Crippen molar-refractivity contribution in [3.8, 4) is 5.75 Å². The molecule has 3 aromatic rings. The molecule has 1 heterocycles. The molecule has 6 nitrogen and oxygen atoms in total. The van der Waals surface area contributed by atoms with Gasteiger partial charge in [-0.3, -0.25) is 4.79 Å². The summed E-state index contributed by atoms with van der Waals surface area (Å²) in [5, 5.41) is 4.76. The van der Waals surface area contributed by atoms with Crippen LogP contribution in [0, 0.1) is 0 Å². The number of anilines is 1. The Morgan fingerprint density at radius 1 is 1.06 bits per heavy atom. The molecule has 31 heavy (non-hydrogen) atoms. The molecule has 1 aliphatic heterocycles. The number of carbonyl (C=O) groups excluding carboxylic acids is 1. The van der Waals surface area contributed by atoms with E-state index in [1.54, 1.807) is 6.92 Å². The van der Waals surface area contributed by atoms with Crippen LogP contribution in [0.15, 0.2) is 54.6 Å². The number of hydrogen-bond donors (Lipinski definition) is 1. The molecule has 0 bridgehead atoms. The van der Waals surface area contributed by atoms with E-state index in [1.165, 1.54) is 4.31 Å². The van der Waals surface area contributed by atoms with E-state index in [1.807, 2.05) is 61.5 Å². The Morgan fingerprint density at radius 2 is 1.87 bits per heavy atom. The Kier molecular flexibility index (Phi) is 5.98. The fourth-order valence-corrected chi connectivity index (χ4v) is 5.05. The lowest BCUT2D eigenvalue weighted by atomic mass is 10.00. The van der Waals surface area contributed by atoms with Crippen molar-refractivity contribution in [1.29, 1.82) is 0 Å². The first-order chi connectivity index (χ1) is 14.9. The minimum absolute atomic E-state index is 0.0834. The normalized spacial score (nSPS) is 14.3. The Labute approximate surface area is 182 Å². The number of nitrogens with one attached hydrogen (secondary N) is 1. The first kappa shape index (κ1) is 21.3. The van der Waals surface area contributed by atoms with Gasteiger partial charge in [0.25, 0.3) is 5.91 Å². The maximum Gasteiger partial charge on any atom is 0.260 e. The van der Waals surface area contributed by atoms with E-state index in [0.29, 0.717) is 43.1 Å². The molecule has 3 aromatic carbocycles. The largest absolute Gasteiger partial charge is 0.493 e. The highest BCUT2D eigenvalue weighted by Gasteiger charge is 2.25. The number of fused-ring (bicyclic) bond motifs is 2. The summed E-state index contributed by atoms with van der Waals surface area (Å²) >= 11 is 0. The molecule has 0 aliphatic carbocycles. The fourth-order valence-electron chi connectivity index (χ4n) is 3.98. The maximum atomic E-state index is 13.3. The SMILES string of the molecule is CCOc1ccc2ccccc2c1C(=O)Nc1ccc2c(c1)CN(S(=O)(=O)CC)CC2. The predicted octanol–water partition coefficient (Wildman–Crippen LogP) is 4.20. The highest BCUT2D eigenvalue weighted by molar-refractivity contribution is 7.89. The van der Waals surface area contributed by atoms with Crippen molar-refractivity contribution in [1.82, 2.24) is 4.31 Å². The summed E-state index contributed by atoms with van der Waals surface area (Å²) < 4.78 is 31.8. The van der Waals surface area contributed by atoms with Gasteiger partial charge in [-0.25, -0.2) is 8.42 Å². The van der Waals surface area contributed by atoms with E-state index in [0.717, 1.165) is 21.9 Å². The first-order valence-corrected chi connectivity index (χ1v) is 12.1. The second-order valence-corrected chi connectivity index (χ2v) is 9.77. The van der Waals surface area contributed by atoms with Gasteiger partial charge in [0.05, 0.1) is 17.9 Å². The molecule has 7 heteroatoms. The van der Waals surface area contributed by atoms with Crippen molar-refractivity contribution in [3.05, 3.63) is 71.3 Å². The Morgan fingerprint density at radius 3 is 2.65 bits per heavy atom. The third-order valence-corrected chi connectivity index (χ3v) is 7.45. The number of sulfonamides is 1. The average molecular weight is 439 g/mol. The molecule has 0 fully saturated rings. The molecule has 0 spiro atoms. The number of ether oxygens (including phenoxy) is 1. The van der Waals surface area contributed by atoms with Crippen LogP contribution in [0.3, 0.4) is 0 Å². The molecule has 0 radical (unpaired) electrons. The van der Waals surface area contributed by atoms with Crippen molar-refractivity contribution in [2.24, 2.45) is 0 Å². The third-order valence-electron chi connectivity index (χ3n) is 5.62. The summed E-state index contributed by atoms with van der Waals surface area (Å²) in [5.41, 5.74) is 3.16. The fraction of sp³-hybridized carbons (Fsp3) is 0.292. The molecule has 4 rings (SSSR count). The van der Waals surface area contributed by atoms with Gasteiger partial charge in [-0.1, -0.05) is 36.4 Å². The summed E-state index contributed by atoms with van der Waals surface area (Å²) in [7, 11) is -3.25. The zero-order chi connectivity index (χ0) is 22.0. The van der Waals surface area contributed by atoms with Crippen LogP contribution >= 0.6 is 0 Å². The van der Waals surface area contributed by atoms with Crippen LogP contribution < -0.4 is 10.1 Å². The number of hydrogen-bond acceptors (Lipinski definition) is 4. The van der Waals surface area contributed by atoms with Crippen LogP contribution in [0.25, 0.3) is 10.8 Å². The standard InChI is InChI=1S/C24H26N2O4S/c1-3-30-22-12-10-18-7-5-6-8-21(18)23(22)24(27)25-20-11-9-17-13-14-26(16-19(17)15-20)31(28,29)4-2/h5-12,15H,3-4,13-14,16H2,1-2H3,(H,25,27). The lowest BCUT2D eigenvalue weighted by Gasteiger charge is -2.28. The Balaban J connectivity index is 1.65. The monoisotopic (exact) mass is 438 g/mol. The van der Waals surface area contributed by atoms with Gasteiger partial charge in [0, 0.05) is 18.8 Å². The van der Waals surface area contributed by atoms with E-state index in [9.17, 15) is 13.2 Å². The van der Waals surface area contributed by atoms with Crippen molar-refractivity contribution in [3.63, 3.8) is 0 Å². The summed E-state index contributed by atoms with van der Waals surface area (Å²) in [6, 6.07) is 17.2. The van der Waals surface area contributed by atoms with Gasteiger partial charge >= 0.3 is 0 Å². The molecule has 0 unspecified atom stereocenters. The van der Waals surface area contributed by atoms with Crippen molar-refractivity contribution in [2.75, 3.05) is 24.2 Å². The second-order valence-electron chi connectivity index (χ2n) is 7.51. The maximum absolute atomic E-state index is 13.3. The number of nitrogens with zero attached hydrogens (tertiary/aromatic N) is 1. The quantitative estimate of drug-likeness (QED) is 0.626. The molecule has 1 amide bonds. The van der Waals surface area contributed by atoms with E-state index < -0.39 is 10.0 Å². The van der Waals surface area contributed by atoms with Crippen LogP contribution in [-0.2, 0) is 23.0 Å². The topological polar surface area (TPSA) is 75.7 Å². The molecule has 1 aliphatic rings. The van der Waals surface area contributed by atoms with Gasteiger partial charge in [0.15, 0.2) is 0 Å². The molecule has 0 saturated carbocycles. The third kappa shape index (κ3) is 4.29. The van der Waals surface area contributed by atoms with Crippen LogP contribution in [0.1, 0.15) is 35.3 Å². The number of carbonyl (C=O) groups is 1. The molecule has 0 aromatic heterocycles. The Bertz CT molecular complexity index is 1240. The van der Waals surface area contributed by atoms with E-state index in [4.69, 9.17) is 4.74 Å². The lowest BCUT2D eigenvalue weighted by molar-refractivity contribution is 0.102. The van der Waals surface area contributed by atoms with E-state index >= 15 is 0 Å². The molecule has 1 N–H and O–H groups in total. The first-order valence-electron chi connectivity index (χ1n) is 10.5. The van der Waals surface area contributed by atoms with Gasteiger partial charge in [0.2, 0.25) is 10.0 Å². The zero-order valence-electron chi connectivity index (χ0n) is 17.7. The van der Waals surface area contributed by atoms with Crippen molar-refractivity contribution >= 4 is 32.4 Å². The van der Waals surface area contributed by atoms with Gasteiger partial charge in [-0.15, -0.1) is 0 Å². The minimum Gasteiger partial charge on any atom is -0.493 e. The van der Waals surface area contributed by atoms with Crippen LogP contribution in [0.4, 0.5) is 5.69 Å². The summed E-state index contributed by atoms with van der Waals surface area (Å²) in [4.78, 5) is 13.3. The smallest absolute Gasteiger partial charge is 0.260 e. The highest BCUT2D eigenvalue weighted by atomic mass is 32.2. The molecular formula is C24H26N2O4S. The van der Waals surface area contributed by atoms with Crippen LogP contribution in [0.5, 0.6) is 5.75 Å².